The highest BCUT2D eigenvalue weighted by molar-refractivity contribution is 7.89. The van der Waals surface area contributed by atoms with Crippen LogP contribution < -0.4 is 0 Å². The summed E-state index contributed by atoms with van der Waals surface area (Å²) in [7, 11) is -0.756. The molecule has 0 saturated heterocycles. The maximum atomic E-state index is 12.2. The van der Waals surface area contributed by atoms with Crippen molar-refractivity contribution in [2.75, 3.05) is 14.1 Å². The third kappa shape index (κ3) is 3.77. The minimum absolute atomic E-state index is 0.0376. The lowest BCUT2D eigenvalue weighted by atomic mass is 10.1. The van der Waals surface area contributed by atoms with Crippen molar-refractivity contribution in [1.82, 2.24) is 9.46 Å². The average molecular weight is 338 g/mol. The van der Waals surface area contributed by atoms with E-state index in [4.69, 9.17) is 9.26 Å². The van der Waals surface area contributed by atoms with Gasteiger partial charge in [-0.2, -0.15) is 0 Å². The van der Waals surface area contributed by atoms with Crippen molar-refractivity contribution < 1.29 is 22.5 Å². The Morgan fingerprint density at radius 2 is 1.96 bits per heavy atom. The lowest BCUT2D eigenvalue weighted by Gasteiger charge is -2.13. The predicted octanol–water partition coefficient (Wildman–Crippen LogP) is 1.90. The van der Waals surface area contributed by atoms with E-state index in [1.165, 1.54) is 26.2 Å². The smallest absolute Gasteiger partial charge is 0.338 e. The van der Waals surface area contributed by atoms with Crippen molar-refractivity contribution in [3.63, 3.8) is 0 Å². The molecule has 0 aliphatic carbocycles. The molecule has 0 N–H and O–H groups in total. The molecule has 0 saturated carbocycles. The van der Waals surface area contributed by atoms with Crippen LogP contribution in [0.3, 0.4) is 0 Å². The highest BCUT2D eigenvalue weighted by Crippen LogP contribution is 2.19. The number of nitrogens with zero attached hydrogens (tertiary/aromatic N) is 2. The number of benzene rings is 1. The van der Waals surface area contributed by atoms with Crippen LogP contribution in [0.5, 0.6) is 0 Å². The van der Waals surface area contributed by atoms with E-state index in [2.05, 4.69) is 5.16 Å². The molecular weight excluding hydrogens is 320 g/mol. The second-order valence-electron chi connectivity index (χ2n) is 5.27. The van der Waals surface area contributed by atoms with E-state index in [0.717, 1.165) is 4.31 Å². The number of hydrogen-bond donors (Lipinski definition) is 0. The zero-order valence-corrected chi connectivity index (χ0v) is 14.2. The standard InChI is InChI=1S/C15H18N2O5S/c1-10-5-6-13(23(19,20)17(3)4)8-14(10)15(18)21-9-12-7-11(2)16-22-12/h5-8H,9H2,1-4H3. The zero-order chi connectivity index (χ0) is 17.2. The topological polar surface area (TPSA) is 89.7 Å². The maximum Gasteiger partial charge on any atom is 0.338 e. The molecule has 0 aliphatic heterocycles. The summed E-state index contributed by atoms with van der Waals surface area (Å²) in [6.45, 7) is 3.40. The van der Waals surface area contributed by atoms with Gasteiger partial charge in [-0.25, -0.2) is 17.5 Å². The van der Waals surface area contributed by atoms with Crippen LogP contribution in [0.2, 0.25) is 0 Å². The Labute approximate surface area is 134 Å². The Balaban J connectivity index is 2.23. The Hall–Kier alpha value is -2.19. The van der Waals surface area contributed by atoms with Crippen molar-refractivity contribution in [2.45, 2.75) is 25.3 Å². The van der Waals surface area contributed by atoms with Crippen molar-refractivity contribution in [3.8, 4) is 0 Å². The van der Waals surface area contributed by atoms with E-state index in [-0.39, 0.29) is 17.1 Å². The Kier molecular flexibility index (Phi) is 4.86. The maximum absolute atomic E-state index is 12.2. The van der Waals surface area contributed by atoms with Crippen LogP contribution in [0.25, 0.3) is 0 Å². The number of ether oxygens (including phenoxy) is 1. The largest absolute Gasteiger partial charge is 0.454 e. The second-order valence-corrected chi connectivity index (χ2v) is 7.43. The van der Waals surface area contributed by atoms with Gasteiger partial charge in [0.1, 0.15) is 0 Å². The number of aromatic nitrogens is 1. The first-order valence-corrected chi connectivity index (χ1v) is 8.28. The Morgan fingerprint density at radius 3 is 2.52 bits per heavy atom. The van der Waals surface area contributed by atoms with Gasteiger partial charge in [0.05, 0.1) is 16.2 Å². The molecule has 23 heavy (non-hydrogen) atoms. The SMILES string of the molecule is Cc1cc(COC(=O)c2cc(S(=O)(=O)N(C)C)ccc2C)on1. The molecule has 0 unspecified atom stereocenters. The molecule has 0 radical (unpaired) electrons. The van der Waals surface area contributed by atoms with Crippen LogP contribution in [-0.4, -0.2) is 37.9 Å². The van der Waals surface area contributed by atoms with Gasteiger partial charge in [-0.05, 0) is 31.5 Å². The summed E-state index contributed by atoms with van der Waals surface area (Å²) in [5, 5.41) is 3.70. The minimum atomic E-state index is -3.62. The number of esters is 1. The minimum Gasteiger partial charge on any atom is -0.454 e. The molecule has 0 fully saturated rings. The molecule has 0 spiro atoms. The van der Waals surface area contributed by atoms with Crippen molar-refractivity contribution in [2.24, 2.45) is 0 Å². The molecule has 124 valence electrons. The highest BCUT2D eigenvalue weighted by atomic mass is 32.2. The van der Waals surface area contributed by atoms with Crippen molar-refractivity contribution in [3.05, 3.63) is 46.8 Å². The van der Waals surface area contributed by atoms with Crippen LogP contribution in [0, 0.1) is 13.8 Å². The molecule has 8 heteroatoms. The summed E-state index contributed by atoms with van der Waals surface area (Å²) in [4.78, 5) is 12.2. The van der Waals surface area contributed by atoms with Gasteiger partial charge in [0.25, 0.3) is 0 Å². The van der Waals surface area contributed by atoms with E-state index in [0.29, 0.717) is 17.0 Å². The summed E-state index contributed by atoms with van der Waals surface area (Å²) in [6.07, 6.45) is 0. The monoisotopic (exact) mass is 338 g/mol. The molecule has 7 nitrogen and oxygen atoms in total. The van der Waals surface area contributed by atoms with Crippen LogP contribution in [0.1, 0.15) is 27.4 Å². The van der Waals surface area contributed by atoms with Crippen LogP contribution in [-0.2, 0) is 21.4 Å². The molecule has 1 aromatic carbocycles. The first-order valence-electron chi connectivity index (χ1n) is 6.84. The number of aryl methyl sites for hydroxylation is 2. The lowest BCUT2D eigenvalue weighted by molar-refractivity contribution is 0.0436. The predicted molar refractivity (Wildman–Crippen MR) is 82.4 cm³/mol. The third-order valence-corrected chi connectivity index (χ3v) is 5.04. The van der Waals surface area contributed by atoms with E-state index < -0.39 is 16.0 Å². The van der Waals surface area contributed by atoms with E-state index >= 15 is 0 Å². The van der Waals surface area contributed by atoms with Gasteiger partial charge in [-0.3, -0.25) is 0 Å². The molecule has 2 aromatic rings. The number of carbonyl (C=O) groups is 1. The van der Waals surface area contributed by atoms with Gasteiger partial charge in [0.15, 0.2) is 12.4 Å². The summed E-state index contributed by atoms with van der Waals surface area (Å²) in [6, 6.07) is 6.01. The fourth-order valence-electron chi connectivity index (χ4n) is 1.89. The quantitative estimate of drug-likeness (QED) is 0.774. The summed E-state index contributed by atoms with van der Waals surface area (Å²) in [5.74, 6) is -0.196. The van der Waals surface area contributed by atoms with Crippen LogP contribution >= 0.6 is 0 Å². The number of sulfonamides is 1. The Bertz CT molecular complexity index is 824. The van der Waals surface area contributed by atoms with E-state index in [1.54, 1.807) is 26.0 Å². The van der Waals surface area contributed by atoms with Gasteiger partial charge in [-0.1, -0.05) is 11.2 Å². The van der Waals surface area contributed by atoms with Crippen LogP contribution in [0.15, 0.2) is 33.7 Å². The first kappa shape index (κ1) is 17.2. The van der Waals surface area contributed by atoms with Crippen LogP contribution in [0.4, 0.5) is 0 Å². The molecule has 0 atom stereocenters. The fraction of sp³-hybridized carbons (Fsp3) is 0.333. The van der Waals surface area contributed by atoms with Crippen molar-refractivity contribution in [1.29, 1.82) is 0 Å². The van der Waals surface area contributed by atoms with Gasteiger partial charge in [0, 0.05) is 20.2 Å². The van der Waals surface area contributed by atoms with E-state index in [9.17, 15) is 13.2 Å². The summed E-state index contributed by atoms with van der Waals surface area (Å²) in [5.41, 5.74) is 1.51. The molecule has 0 amide bonds. The zero-order valence-electron chi connectivity index (χ0n) is 13.4. The first-order chi connectivity index (χ1) is 10.7. The molecule has 0 aliphatic rings. The number of hydrogen-bond acceptors (Lipinski definition) is 6. The second kappa shape index (κ2) is 6.51. The molecular formula is C15H18N2O5S. The molecule has 2 rings (SSSR count). The van der Waals surface area contributed by atoms with Gasteiger partial charge < -0.3 is 9.26 Å². The summed E-state index contributed by atoms with van der Waals surface area (Å²) >= 11 is 0. The molecule has 1 aromatic heterocycles. The number of carbonyl (C=O) groups excluding carboxylic acids is 1. The molecule has 0 bridgehead atoms. The average Bonchev–Trinajstić information content (AvgIpc) is 2.90. The Morgan fingerprint density at radius 1 is 1.26 bits per heavy atom. The third-order valence-electron chi connectivity index (χ3n) is 3.23. The van der Waals surface area contributed by atoms with Gasteiger partial charge in [0.2, 0.25) is 10.0 Å². The van der Waals surface area contributed by atoms with Crippen molar-refractivity contribution >= 4 is 16.0 Å². The molecule has 1 heterocycles. The van der Waals surface area contributed by atoms with Gasteiger partial charge >= 0.3 is 5.97 Å². The highest BCUT2D eigenvalue weighted by Gasteiger charge is 2.21. The lowest BCUT2D eigenvalue weighted by Crippen LogP contribution is -2.22. The van der Waals surface area contributed by atoms with Gasteiger partial charge in [-0.15, -0.1) is 0 Å². The fourth-order valence-corrected chi connectivity index (χ4v) is 2.82. The number of rotatable bonds is 5. The summed E-state index contributed by atoms with van der Waals surface area (Å²) < 4.78 is 35.5. The normalized spacial score (nSPS) is 11.7. The van der Waals surface area contributed by atoms with E-state index in [1.807, 2.05) is 0 Å².